The van der Waals surface area contributed by atoms with Gasteiger partial charge in [0.1, 0.15) is 10.6 Å². The molecule has 0 amide bonds. The monoisotopic (exact) mass is 282 g/mol. The van der Waals surface area contributed by atoms with Gasteiger partial charge < -0.3 is 16.2 Å². The molecule has 2 aromatic carbocycles. The van der Waals surface area contributed by atoms with E-state index >= 15 is 0 Å². The van der Waals surface area contributed by atoms with Gasteiger partial charge >= 0.3 is 0 Å². The highest BCUT2D eigenvalue weighted by Gasteiger charge is 2.18. The van der Waals surface area contributed by atoms with Crippen LogP contribution < -0.4 is 11.1 Å². The molecule has 0 aliphatic heterocycles. The average Bonchev–Trinajstić information content (AvgIpc) is 2.36. The summed E-state index contributed by atoms with van der Waals surface area (Å²) in [6, 6.07) is 7.61. The highest BCUT2D eigenvalue weighted by Crippen LogP contribution is 2.36. The minimum absolute atomic E-state index is 0.250. The zero-order valence-electron chi connectivity index (χ0n) is 10.00. The highest BCUT2D eigenvalue weighted by atomic mass is 32.2. The number of hydrogen-bond donors (Lipinski definition) is 4. The second-order valence-corrected chi connectivity index (χ2v) is 5.39. The normalized spacial score (nSPS) is 11.7. The fourth-order valence-corrected chi connectivity index (χ4v) is 2.64. The van der Waals surface area contributed by atoms with E-state index in [0.717, 1.165) is 6.07 Å². The largest absolute Gasteiger partial charge is 0.506 e. The summed E-state index contributed by atoms with van der Waals surface area (Å²) in [6.45, 7) is 0.802. The minimum Gasteiger partial charge on any atom is -0.506 e. The third-order valence-electron chi connectivity index (χ3n) is 2.71. The summed E-state index contributed by atoms with van der Waals surface area (Å²) in [5, 5.41) is 13.7. The quantitative estimate of drug-likeness (QED) is 0.494. The Labute approximate surface area is 110 Å². The number of phenols is 1. The number of nitrogens with one attached hydrogen (secondary N) is 1. The van der Waals surface area contributed by atoms with Crippen LogP contribution >= 0.6 is 0 Å². The molecule has 0 saturated carbocycles. The van der Waals surface area contributed by atoms with Gasteiger partial charge in [0.15, 0.2) is 0 Å². The van der Waals surface area contributed by atoms with Crippen molar-refractivity contribution in [2.24, 2.45) is 5.73 Å². The fraction of sp³-hybridized carbons (Fsp3) is 0.167. The highest BCUT2D eigenvalue weighted by molar-refractivity contribution is 7.86. The molecule has 0 fully saturated rings. The molecule has 0 atom stereocenters. The lowest BCUT2D eigenvalue weighted by molar-refractivity contribution is 0.469. The number of aromatic hydroxyl groups is 1. The average molecular weight is 282 g/mol. The van der Waals surface area contributed by atoms with Crippen molar-refractivity contribution in [3.05, 3.63) is 30.3 Å². The molecule has 0 unspecified atom stereocenters. The van der Waals surface area contributed by atoms with Crippen molar-refractivity contribution in [3.8, 4) is 5.75 Å². The Kier molecular flexibility index (Phi) is 3.61. The Bertz CT molecular complexity index is 713. The predicted molar refractivity (Wildman–Crippen MR) is 73.0 cm³/mol. The first-order chi connectivity index (χ1) is 8.95. The van der Waals surface area contributed by atoms with E-state index in [0.29, 0.717) is 29.5 Å². The van der Waals surface area contributed by atoms with Crippen molar-refractivity contribution < 1.29 is 18.1 Å². The summed E-state index contributed by atoms with van der Waals surface area (Å²) in [6.07, 6.45) is 0. The van der Waals surface area contributed by atoms with Gasteiger partial charge in [-0.2, -0.15) is 8.42 Å². The van der Waals surface area contributed by atoms with Crippen LogP contribution in [0.1, 0.15) is 0 Å². The van der Waals surface area contributed by atoms with Crippen LogP contribution in [0.4, 0.5) is 5.69 Å². The van der Waals surface area contributed by atoms with Crippen LogP contribution in [-0.2, 0) is 10.1 Å². The maximum absolute atomic E-state index is 11.3. The summed E-state index contributed by atoms with van der Waals surface area (Å²) in [4.78, 5) is -0.320. The standard InChI is InChI=1S/C12H14N2O4S/c13-5-6-14-12-9-4-2-1-3-8(9)11(7-10(12)15)19(16,17)18/h1-4,7,14-15H,5-6,13H2,(H,16,17,18). The topological polar surface area (TPSA) is 113 Å². The molecule has 2 aromatic rings. The third-order valence-corrected chi connectivity index (χ3v) is 3.60. The number of nitrogens with two attached hydrogens (primary N) is 1. The lowest BCUT2D eigenvalue weighted by Gasteiger charge is -2.13. The Morgan fingerprint density at radius 2 is 1.84 bits per heavy atom. The van der Waals surface area contributed by atoms with Crippen LogP contribution in [0.2, 0.25) is 0 Å². The van der Waals surface area contributed by atoms with E-state index in [4.69, 9.17) is 5.73 Å². The summed E-state index contributed by atoms with van der Waals surface area (Å²) in [7, 11) is -4.40. The number of benzene rings is 2. The molecule has 5 N–H and O–H groups in total. The Balaban J connectivity index is 2.77. The van der Waals surface area contributed by atoms with Crippen molar-refractivity contribution in [1.29, 1.82) is 0 Å². The van der Waals surface area contributed by atoms with Crippen LogP contribution in [0, 0.1) is 0 Å². The first-order valence-corrected chi connectivity index (χ1v) is 7.05. The van der Waals surface area contributed by atoms with Gasteiger partial charge in [-0.25, -0.2) is 0 Å². The molecule has 0 aromatic heterocycles. The second kappa shape index (κ2) is 5.04. The van der Waals surface area contributed by atoms with E-state index in [1.54, 1.807) is 24.3 Å². The van der Waals surface area contributed by atoms with Crippen molar-refractivity contribution in [1.82, 2.24) is 0 Å². The molecule has 0 aliphatic rings. The van der Waals surface area contributed by atoms with Crippen molar-refractivity contribution in [2.75, 3.05) is 18.4 Å². The lowest BCUT2D eigenvalue weighted by atomic mass is 10.1. The molecule has 0 bridgehead atoms. The molecule has 0 heterocycles. The fourth-order valence-electron chi connectivity index (χ4n) is 1.92. The molecule has 0 saturated heterocycles. The molecule has 2 rings (SSSR count). The van der Waals surface area contributed by atoms with Gasteiger partial charge in [0.2, 0.25) is 0 Å². The van der Waals surface area contributed by atoms with Gasteiger partial charge in [0, 0.05) is 29.9 Å². The van der Waals surface area contributed by atoms with Gasteiger partial charge in [-0.1, -0.05) is 24.3 Å². The minimum atomic E-state index is -4.40. The predicted octanol–water partition coefficient (Wildman–Crippen LogP) is 1.16. The SMILES string of the molecule is NCCNc1c(O)cc(S(=O)(=O)O)c2ccccc12. The number of fused-ring (bicyclic) bond motifs is 1. The molecular weight excluding hydrogens is 268 g/mol. The molecule has 0 radical (unpaired) electrons. The van der Waals surface area contributed by atoms with Crippen molar-refractivity contribution in [2.45, 2.75) is 4.90 Å². The molecule has 7 heteroatoms. The Morgan fingerprint density at radius 3 is 2.42 bits per heavy atom. The molecule has 6 nitrogen and oxygen atoms in total. The zero-order chi connectivity index (χ0) is 14.0. The zero-order valence-corrected chi connectivity index (χ0v) is 10.8. The summed E-state index contributed by atoms with van der Waals surface area (Å²) in [5.74, 6) is -0.250. The van der Waals surface area contributed by atoms with Crippen LogP contribution in [-0.4, -0.2) is 31.2 Å². The molecule has 0 spiro atoms. The number of rotatable bonds is 4. The first kappa shape index (κ1) is 13.6. The Morgan fingerprint density at radius 1 is 1.21 bits per heavy atom. The van der Waals surface area contributed by atoms with Crippen LogP contribution in [0.3, 0.4) is 0 Å². The number of phenolic OH excluding ortho intramolecular Hbond substituents is 1. The van der Waals surface area contributed by atoms with Crippen molar-refractivity contribution >= 4 is 26.6 Å². The molecule has 0 aliphatic carbocycles. The van der Waals surface area contributed by atoms with Gasteiger partial charge in [-0.3, -0.25) is 4.55 Å². The van der Waals surface area contributed by atoms with Crippen molar-refractivity contribution in [3.63, 3.8) is 0 Å². The molecule has 102 valence electrons. The van der Waals surface area contributed by atoms with E-state index < -0.39 is 10.1 Å². The van der Waals surface area contributed by atoms with E-state index in [2.05, 4.69) is 5.32 Å². The summed E-state index contributed by atoms with van der Waals surface area (Å²) < 4.78 is 31.9. The summed E-state index contributed by atoms with van der Waals surface area (Å²) >= 11 is 0. The van der Waals surface area contributed by atoms with Gasteiger partial charge in [-0.05, 0) is 0 Å². The van der Waals surface area contributed by atoms with Crippen LogP contribution in [0.25, 0.3) is 10.8 Å². The summed E-state index contributed by atoms with van der Waals surface area (Å²) in [5.41, 5.74) is 5.79. The number of anilines is 1. The van der Waals surface area contributed by atoms with Gasteiger partial charge in [0.05, 0.1) is 5.69 Å². The maximum atomic E-state index is 11.3. The van der Waals surface area contributed by atoms with E-state index in [1.165, 1.54) is 0 Å². The van der Waals surface area contributed by atoms with E-state index in [-0.39, 0.29) is 10.6 Å². The van der Waals surface area contributed by atoms with E-state index in [1.807, 2.05) is 0 Å². The first-order valence-electron chi connectivity index (χ1n) is 5.61. The number of hydrogen-bond acceptors (Lipinski definition) is 5. The second-order valence-electron chi connectivity index (χ2n) is 4.00. The molecular formula is C12H14N2O4S. The van der Waals surface area contributed by atoms with E-state index in [9.17, 15) is 18.1 Å². The van der Waals surface area contributed by atoms with Crippen LogP contribution in [0.5, 0.6) is 5.75 Å². The lowest BCUT2D eigenvalue weighted by Crippen LogP contribution is -2.13. The van der Waals surface area contributed by atoms with Gasteiger partial charge in [-0.15, -0.1) is 0 Å². The smallest absolute Gasteiger partial charge is 0.295 e. The Hall–Kier alpha value is -1.83. The van der Waals surface area contributed by atoms with Crippen LogP contribution in [0.15, 0.2) is 35.2 Å². The van der Waals surface area contributed by atoms with Gasteiger partial charge in [0.25, 0.3) is 10.1 Å². The maximum Gasteiger partial charge on any atom is 0.295 e. The third kappa shape index (κ3) is 2.62. The molecule has 19 heavy (non-hydrogen) atoms.